The smallest absolute Gasteiger partial charge is 0.338 e. The van der Waals surface area contributed by atoms with Crippen LogP contribution in [0.3, 0.4) is 0 Å². The normalized spacial score (nSPS) is 23.7. The van der Waals surface area contributed by atoms with E-state index in [9.17, 15) is 9.18 Å². The van der Waals surface area contributed by atoms with E-state index in [1.165, 1.54) is 18.7 Å². The van der Waals surface area contributed by atoms with Crippen LogP contribution in [0, 0.1) is 11.9 Å². The Kier molecular flexibility index (Phi) is 4.28. The summed E-state index contributed by atoms with van der Waals surface area (Å²) in [6.07, 6.45) is 6.54. The summed E-state index contributed by atoms with van der Waals surface area (Å²) in [6, 6.07) is 2.59. The molecule has 98 valence electrons. The van der Waals surface area contributed by atoms with Crippen LogP contribution in [0.4, 0.5) is 4.39 Å². The van der Waals surface area contributed by atoms with E-state index < -0.39 is 11.9 Å². The molecule has 0 aromatic carbocycles. The van der Waals surface area contributed by atoms with Gasteiger partial charge in [0.2, 0.25) is 5.95 Å². The number of hydrogen-bond donors (Lipinski definition) is 0. The van der Waals surface area contributed by atoms with Crippen molar-refractivity contribution in [1.29, 1.82) is 0 Å². The molecule has 1 aliphatic carbocycles. The van der Waals surface area contributed by atoms with Crippen LogP contribution in [0.1, 0.15) is 49.4 Å². The van der Waals surface area contributed by atoms with Crippen molar-refractivity contribution in [2.24, 2.45) is 5.92 Å². The highest BCUT2D eigenvalue weighted by Gasteiger charge is 2.24. The number of ether oxygens (including phenoxy) is 1. The molecule has 1 aromatic rings. The van der Waals surface area contributed by atoms with Crippen molar-refractivity contribution in [3.63, 3.8) is 0 Å². The zero-order valence-electron chi connectivity index (χ0n) is 10.6. The van der Waals surface area contributed by atoms with Gasteiger partial charge in [0.15, 0.2) is 0 Å². The molecule has 0 radical (unpaired) electrons. The topological polar surface area (TPSA) is 39.2 Å². The van der Waals surface area contributed by atoms with E-state index in [0.717, 1.165) is 31.7 Å². The van der Waals surface area contributed by atoms with Gasteiger partial charge in [0.05, 0.1) is 5.56 Å². The van der Waals surface area contributed by atoms with Gasteiger partial charge < -0.3 is 4.74 Å². The largest absolute Gasteiger partial charge is 0.459 e. The summed E-state index contributed by atoms with van der Waals surface area (Å²) < 4.78 is 18.3. The van der Waals surface area contributed by atoms with Crippen molar-refractivity contribution in [1.82, 2.24) is 4.98 Å². The first-order valence-electron chi connectivity index (χ1n) is 6.51. The lowest BCUT2D eigenvalue weighted by atomic mass is 9.85. The molecular weight excluding hydrogens is 233 g/mol. The van der Waals surface area contributed by atoms with Crippen molar-refractivity contribution in [3.05, 3.63) is 29.8 Å². The Morgan fingerprint density at radius 1 is 1.56 bits per heavy atom. The average Bonchev–Trinajstić information content (AvgIpc) is 2.39. The number of esters is 1. The van der Waals surface area contributed by atoms with E-state index in [1.54, 1.807) is 0 Å². The van der Waals surface area contributed by atoms with E-state index in [0.29, 0.717) is 5.92 Å². The fourth-order valence-corrected chi connectivity index (χ4v) is 2.47. The minimum atomic E-state index is -0.653. The molecule has 2 unspecified atom stereocenters. The van der Waals surface area contributed by atoms with Crippen molar-refractivity contribution in [2.75, 3.05) is 0 Å². The predicted octanol–water partition coefficient (Wildman–Crippen LogP) is 3.35. The van der Waals surface area contributed by atoms with Gasteiger partial charge in [-0.3, -0.25) is 0 Å². The van der Waals surface area contributed by atoms with E-state index in [-0.39, 0.29) is 11.7 Å². The predicted molar refractivity (Wildman–Crippen MR) is 65.6 cm³/mol. The van der Waals surface area contributed by atoms with Crippen LogP contribution in [0.5, 0.6) is 0 Å². The third-order valence-electron chi connectivity index (χ3n) is 3.55. The monoisotopic (exact) mass is 251 g/mol. The first-order chi connectivity index (χ1) is 8.69. The maximum atomic E-state index is 12.9. The average molecular weight is 251 g/mol. The molecule has 0 aliphatic heterocycles. The SMILES string of the molecule is CCC1CCCC(OC(=O)c2ccnc(F)c2)C1. The van der Waals surface area contributed by atoms with Gasteiger partial charge in [-0.25, -0.2) is 9.78 Å². The van der Waals surface area contributed by atoms with Gasteiger partial charge in [-0.1, -0.05) is 19.8 Å². The van der Waals surface area contributed by atoms with E-state index in [2.05, 4.69) is 11.9 Å². The van der Waals surface area contributed by atoms with Crippen LogP contribution in [0.2, 0.25) is 0 Å². The second-order valence-electron chi connectivity index (χ2n) is 4.84. The number of carbonyl (C=O) groups is 1. The highest BCUT2D eigenvalue weighted by Crippen LogP contribution is 2.28. The Morgan fingerprint density at radius 3 is 3.11 bits per heavy atom. The summed E-state index contributed by atoms with van der Waals surface area (Å²) in [4.78, 5) is 15.3. The van der Waals surface area contributed by atoms with E-state index in [1.807, 2.05) is 0 Å². The zero-order valence-corrected chi connectivity index (χ0v) is 10.6. The van der Waals surface area contributed by atoms with Crippen molar-refractivity contribution < 1.29 is 13.9 Å². The summed E-state index contributed by atoms with van der Waals surface area (Å²) >= 11 is 0. The maximum Gasteiger partial charge on any atom is 0.338 e. The number of nitrogens with zero attached hydrogens (tertiary/aromatic N) is 1. The molecule has 0 spiro atoms. The summed E-state index contributed by atoms with van der Waals surface area (Å²) in [6.45, 7) is 2.16. The standard InChI is InChI=1S/C14H18FNO2/c1-2-10-4-3-5-12(8-10)18-14(17)11-6-7-16-13(15)9-11/h6-7,9-10,12H,2-5,8H2,1H3. The van der Waals surface area contributed by atoms with Crippen LogP contribution in [0.15, 0.2) is 18.3 Å². The molecule has 0 saturated heterocycles. The van der Waals surface area contributed by atoms with Gasteiger partial charge in [-0.15, -0.1) is 0 Å². The van der Waals surface area contributed by atoms with Crippen molar-refractivity contribution >= 4 is 5.97 Å². The molecule has 18 heavy (non-hydrogen) atoms. The minimum absolute atomic E-state index is 0.0209. The van der Waals surface area contributed by atoms with E-state index >= 15 is 0 Å². The Morgan fingerprint density at radius 2 is 2.39 bits per heavy atom. The molecule has 3 nitrogen and oxygen atoms in total. The highest BCUT2D eigenvalue weighted by atomic mass is 19.1. The molecule has 1 aromatic heterocycles. The molecule has 1 aliphatic rings. The lowest BCUT2D eigenvalue weighted by Gasteiger charge is -2.28. The first-order valence-corrected chi connectivity index (χ1v) is 6.51. The van der Waals surface area contributed by atoms with E-state index in [4.69, 9.17) is 4.74 Å². The van der Waals surface area contributed by atoms with Crippen LogP contribution in [-0.4, -0.2) is 17.1 Å². The van der Waals surface area contributed by atoms with Crippen molar-refractivity contribution in [2.45, 2.75) is 45.1 Å². The highest BCUT2D eigenvalue weighted by molar-refractivity contribution is 5.89. The fraction of sp³-hybridized carbons (Fsp3) is 0.571. The summed E-state index contributed by atoms with van der Waals surface area (Å²) in [7, 11) is 0. The molecule has 2 rings (SSSR count). The Balaban J connectivity index is 1.95. The molecule has 2 atom stereocenters. The third kappa shape index (κ3) is 3.28. The van der Waals surface area contributed by atoms with Gasteiger partial charge in [0, 0.05) is 12.3 Å². The van der Waals surface area contributed by atoms with Crippen molar-refractivity contribution in [3.8, 4) is 0 Å². The summed E-state index contributed by atoms with van der Waals surface area (Å²) in [5.41, 5.74) is 0.237. The molecule has 1 fully saturated rings. The van der Waals surface area contributed by atoms with Gasteiger partial charge in [-0.2, -0.15) is 4.39 Å². The number of pyridine rings is 1. The summed E-state index contributed by atoms with van der Waals surface area (Å²) in [5, 5.41) is 0. The Bertz CT molecular complexity index is 422. The number of hydrogen-bond acceptors (Lipinski definition) is 3. The molecule has 1 saturated carbocycles. The zero-order chi connectivity index (χ0) is 13.0. The van der Waals surface area contributed by atoms with Crippen LogP contribution >= 0.6 is 0 Å². The molecule has 1 heterocycles. The molecule has 0 amide bonds. The number of rotatable bonds is 3. The maximum absolute atomic E-state index is 12.9. The number of carbonyl (C=O) groups excluding carboxylic acids is 1. The molecule has 0 N–H and O–H groups in total. The molecule has 4 heteroatoms. The number of halogens is 1. The van der Waals surface area contributed by atoms with Crippen LogP contribution < -0.4 is 0 Å². The molecule has 0 bridgehead atoms. The second-order valence-corrected chi connectivity index (χ2v) is 4.84. The third-order valence-corrected chi connectivity index (χ3v) is 3.55. The lowest BCUT2D eigenvalue weighted by Crippen LogP contribution is -2.25. The van der Waals surface area contributed by atoms with Gasteiger partial charge in [0.1, 0.15) is 6.10 Å². The Hall–Kier alpha value is -1.45. The van der Waals surface area contributed by atoms with Gasteiger partial charge >= 0.3 is 5.97 Å². The molecular formula is C14H18FNO2. The second kappa shape index (κ2) is 5.94. The Labute approximate surface area is 106 Å². The quantitative estimate of drug-likeness (QED) is 0.611. The fourth-order valence-electron chi connectivity index (χ4n) is 2.47. The lowest BCUT2D eigenvalue weighted by molar-refractivity contribution is 0.0139. The van der Waals surface area contributed by atoms with Gasteiger partial charge in [-0.05, 0) is 31.2 Å². The van der Waals surface area contributed by atoms with Gasteiger partial charge in [0.25, 0.3) is 0 Å². The number of aromatic nitrogens is 1. The summed E-state index contributed by atoms with van der Waals surface area (Å²) in [5.74, 6) is -0.455. The first kappa shape index (κ1) is 13.0. The van der Waals surface area contributed by atoms with Crippen LogP contribution in [0.25, 0.3) is 0 Å². The van der Waals surface area contributed by atoms with Crippen LogP contribution in [-0.2, 0) is 4.74 Å². The minimum Gasteiger partial charge on any atom is -0.459 e.